The molecule has 0 unspecified atom stereocenters. The van der Waals surface area contributed by atoms with Gasteiger partial charge in [-0.2, -0.15) is 0 Å². The maximum Gasteiger partial charge on any atom is 0.257 e. The Morgan fingerprint density at radius 1 is 1.36 bits per heavy atom. The molecule has 0 atom stereocenters. The number of anilines is 1. The van der Waals surface area contributed by atoms with E-state index in [4.69, 9.17) is 11.6 Å². The smallest absolute Gasteiger partial charge is 0.257 e. The molecule has 1 aliphatic rings. The van der Waals surface area contributed by atoms with Gasteiger partial charge in [0.05, 0.1) is 16.1 Å². The zero-order valence-corrected chi connectivity index (χ0v) is 14.6. The molecule has 0 radical (unpaired) electrons. The fourth-order valence-corrected chi connectivity index (χ4v) is 3.47. The van der Waals surface area contributed by atoms with Gasteiger partial charge < -0.3 is 15.2 Å². The summed E-state index contributed by atoms with van der Waals surface area (Å²) in [5, 5.41) is 4.81. The van der Waals surface area contributed by atoms with Crippen molar-refractivity contribution < 1.29 is 4.79 Å². The van der Waals surface area contributed by atoms with Gasteiger partial charge >= 0.3 is 0 Å². The fraction of sp³-hybridized carbons (Fsp3) is 0.278. The first-order chi connectivity index (χ1) is 12.2. The number of benzene rings is 1. The summed E-state index contributed by atoms with van der Waals surface area (Å²) in [5.41, 5.74) is 3.75. The summed E-state index contributed by atoms with van der Waals surface area (Å²) in [6.07, 6.45) is 3.94. The number of carbonyl (C=O) groups excluding carboxylic acids is 1. The molecule has 0 aliphatic carbocycles. The van der Waals surface area contributed by atoms with Crippen LogP contribution < -0.4 is 5.32 Å². The van der Waals surface area contributed by atoms with Crippen molar-refractivity contribution in [2.75, 3.05) is 18.4 Å². The van der Waals surface area contributed by atoms with Crippen LogP contribution in [0.2, 0.25) is 5.02 Å². The van der Waals surface area contributed by atoms with Crippen molar-refractivity contribution in [2.24, 2.45) is 0 Å². The molecular weight excluding hydrogens is 338 g/mol. The summed E-state index contributed by atoms with van der Waals surface area (Å²) in [5.74, 6) is 0.483. The van der Waals surface area contributed by atoms with Gasteiger partial charge in [0.25, 0.3) is 5.91 Å². The van der Waals surface area contributed by atoms with Crippen LogP contribution in [0.3, 0.4) is 0 Å². The third kappa shape index (κ3) is 2.82. The van der Waals surface area contributed by atoms with Gasteiger partial charge in [-0.15, -0.1) is 0 Å². The molecule has 3 aromatic rings. The van der Waals surface area contributed by atoms with Gasteiger partial charge in [-0.25, -0.2) is 9.97 Å². The Morgan fingerprint density at radius 3 is 2.92 bits per heavy atom. The van der Waals surface area contributed by atoms with Crippen LogP contribution in [0.4, 0.5) is 5.95 Å². The third-order valence-corrected chi connectivity index (χ3v) is 4.80. The van der Waals surface area contributed by atoms with Crippen molar-refractivity contribution in [1.29, 1.82) is 0 Å². The zero-order valence-electron chi connectivity index (χ0n) is 13.8. The van der Waals surface area contributed by atoms with E-state index in [1.165, 1.54) is 0 Å². The number of nitrogens with one attached hydrogen (secondary N) is 2. The van der Waals surface area contributed by atoms with E-state index in [9.17, 15) is 4.79 Å². The standard InChI is InChI=1S/C18H18ClN5O/c1-2-20-18-21-8-11(9-22-18)17(25)24-7-6-15-13(10-24)12-4-3-5-14(19)16(12)23-15/h3-5,8-9,23H,2,6-7,10H2,1H3,(H,20,21,22). The summed E-state index contributed by atoms with van der Waals surface area (Å²) < 4.78 is 0. The van der Waals surface area contributed by atoms with E-state index in [0.717, 1.165) is 35.1 Å². The first-order valence-corrected chi connectivity index (χ1v) is 8.68. The number of para-hydroxylation sites is 1. The lowest BCUT2D eigenvalue weighted by atomic mass is 10.0. The second-order valence-corrected chi connectivity index (χ2v) is 6.45. The van der Waals surface area contributed by atoms with Crippen LogP contribution in [0, 0.1) is 0 Å². The van der Waals surface area contributed by atoms with Crippen molar-refractivity contribution in [3.63, 3.8) is 0 Å². The van der Waals surface area contributed by atoms with E-state index in [-0.39, 0.29) is 5.91 Å². The minimum atomic E-state index is -0.0509. The molecule has 0 spiro atoms. The molecule has 1 amide bonds. The number of aromatic nitrogens is 3. The Bertz CT molecular complexity index is 935. The van der Waals surface area contributed by atoms with Crippen molar-refractivity contribution in [3.05, 3.63) is 52.4 Å². The fourth-order valence-electron chi connectivity index (χ4n) is 3.25. The average molecular weight is 356 g/mol. The topological polar surface area (TPSA) is 73.9 Å². The number of H-pyrrole nitrogens is 1. The van der Waals surface area contributed by atoms with Crippen molar-refractivity contribution in [3.8, 4) is 0 Å². The molecule has 1 aliphatic heterocycles. The molecule has 25 heavy (non-hydrogen) atoms. The lowest BCUT2D eigenvalue weighted by Gasteiger charge is -2.27. The van der Waals surface area contributed by atoms with Crippen LogP contribution in [0.1, 0.15) is 28.5 Å². The third-order valence-electron chi connectivity index (χ3n) is 4.48. The van der Waals surface area contributed by atoms with Crippen molar-refractivity contribution >= 4 is 34.4 Å². The predicted octanol–water partition coefficient (Wildman–Crippen LogP) is 3.24. The number of rotatable bonds is 3. The Morgan fingerprint density at radius 2 is 2.16 bits per heavy atom. The molecule has 3 heterocycles. The highest BCUT2D eigenvalue weighted by Gasteiger charge is 2.25. The first kappa shape index (κ1) is 15.9. The SMILES string of the molecule is CCNc1ncc(C(=O)N2CCc3[nH]c4c(Cl)cccc4c3C2)cn1. The molecule has 1 aromatic carbocycles. The Labute approximate surface area is 150 Å². The highest BCUT2D eigenvalue weighted by molar-refractivity contribution is 6.35. The van der Waals surface area contributed by atoms with Gasteiger partial charge in [0.2, 0.25) is 5.95 Å². The van der Waals surface area contributed by atoms with Gasteiger partial charge in [0, 0.05) is 55.1 Å². The summed E-state index contributed by atoms with van der Waals surface area (Å²) >= 11 is 6.28. The summed E-state index contributed by atoms with van der Waals surface area (Å²) in [6.45, 7) is 3.93. The molecule has 6 nitrogen and oxygen atoms in total. The molecule has 7 heteroatoms. The summed E-state index contributed by atoms with van der Waals surface area (Å²) in [6, 6.07) is 5.85. The van der Waals surface area contributed by atoms with Gasteiger partial charge in [0.15, 0.2) is 0 Å². The van der Waals surface area contributed by atoms with Crippen LogP contribution in [-0.2, 0) is 13.0 Å². The van der Waals surface area contributed by atoms with E-state index >= 15 is 0 Å². The zero-order chi connectivity index (χ0) is 17.4. The maximum atomic E-state index is 12.8. The molecule has 0 saturated carbocycles. The molecule has 2 aromatic heterocycles. The number of fused-ring (bicyclic) bond motifs is 3. The van der Waals surface area contributed by atoms with E-state index in [2.05, 4.69) is 20.3 Å². The van der Waals surface area contributed by atoms with Gasteiger partial charge in [-0.1, -0.05) is 23.7 Å². The van der Waals surface area contributed by atoms with E-state index in [0.29, 0.717) is 29.6 Å². The second kappa shape index (κ2) is 6.37. The van der Waals surface area contributed by atoms with Gasteiger partial charge in [-0.05, 0) is 13.0 Å². The Hall–Kier alpha value is -2.60. The molecule has 2 N–H and O–H groups in total. The largest absolute Gasteiger partial charge is 0.357 e. The van der Waals surface area contributed by atoms with Crippen LogP contribution in [0.15, 0.2) is 30.6 Å². The minimum Gasteiger partial charge on any atom is -0.357 e. The monoisotopic (exact) mass is 355 g/mol. The molecule has 128 valence electrons. The highest BCUT2D eigenvalue weighted by atomic mass is 35.5. The average Bonchev–Trinajstić information content (AvgIpc) is 3.01. The van der Waals surface area contributed by atoms with E-state index < -0.39 is 0 Å². The molecule has 0 bridgehead atoms. The van der Waals surface area contributed by atoms with Crippen molar-refractivity contribution in [2.45, 2.75) is 19.9 Å². The second-order valence-electron chi connectivity index (χ2n) is 6.05. The number of carbonyl (C=O) groups is 1. The highest BCUT2D eigenvalue weighted by Crippen LogP contribution is 2.31. The predicted molar refractivity (Wildman–Crippen MR) is 97.9 cm³/mol. The van der Waals surface area contributed by atoms with Crippen LogP contribution in [0.25, 0.3) is 10.9 Å². The van der Waals surface area contributed by atoms with E-state index in [1.807, 2.05) is 30.0 Å². The number of aromatic amines is 1. The maximum absolute atomic E-state index is 12.8. The number of halogens is 1. The van der Waals surface area contributed by atoms with E-state index in [1.54, 1.807) is 12.4 Å². The number of hydrogen-bond donors (Lipinski definition) is 2. The van der Waals surface area contributed by atoms with Crippen LogP contribution >= 0.6 is 11.6 Å². The molecular formula is C18H18ClN5O. The lowest BCUT2D eigenvalue weighted by Crippen LogP contribution is -2.35. The lowest BCUT2D eigenvalue weighted by molar-refractivity contribution is 0.0734. The molecule has 0 saturated heterocycles. The quantitative estimate of drug-likeness (QED) is 0.756. The Balaban J connectivity index is 1.60. The van der Waals surface area contributed by atoms with Crippen molar-refractivity contribution in [1.82, 2.24) is 19.9 Å². The molecule has 0 fully saturated rings. The van der Waals surface area contributed by atoms with Gasteiger partial charge in [0.1, 0.15) is 0 Å². The van der Waals surface area contributed by atoms with Crippen LogP contribution in [0.5, 0.6) is 0 Å². The first-order valence-electron chi connectivity index (χ1n) is 8.30. The summed E-state index contributed by atoms with van der Waals surface area (Å²) in [4.78, 5) is 26.4. The normalized spacial score (nSPS) is 13.8. The van der Waals surface area contributed by atoms with Gasteiger partial charge in [-0.3, -0.25) is 4.79 Å². The Kier molecular flexibility index (Phi) is 4.05. The minimum absolute atomic E-state index is 0.0509. The summed E-state index contributed by atoms with van der Waals surface area (Å²) in [7, 11) is 0. The molecule has 4 rings (SSSR count). The number of nitrogens with zero attached hydrogens (tertiary/aromatic N) is 3. The van der Waals surface area contributed by atoms with Crippen LogP contribution in [-0.4, -0.2) is 38.8 Å². The number of hydrogen-bond acceptors (Lipinski definition) is 4. The number of amides is 1.